The fourth-order valence-electron chi connectivity index (χ4n) is 2.93. The average molecular weight is 414 g/mol. The van der Waals surface area contributed by atoms with E-state index >= 15 is 0 Å². The van der Waals surface area contributed by atoms with Crippen LogP contribution in [0.4, 0.5) is 10.1 Å². The first-order chi connectivity index (χ1) is 14.0. The standard InChI is InChI=1S/C20H19FN4O3S/c1-3-25-18(13-5-4-6-14(21)9-13)23-24-20(25)29-12(2)19(26)22-15-7-8-16-17(10-15)28-11-27-16/h4-10,12H,3,11H2,1-2H3,(H,22,26)/t12-/m0/s1. The molecule has 1 amide bonds. The number of carbonyl (C=O) groups is 1. The van der Waals surface area contributed by atoms with Crippen LogP contribution in [0.1, 0.15) is 13.8 Å². The second kappa shape index (κ2) is 8.12. The van der Waals surface area contributed by atoms with Gasteiger partial charge in [0.25, 0.3) is 0 Å². The minimum atomic E-state index is -0.421. The van der Waals surface area contributed by atoms with Crippen molar-refractivity contribution in [3.05, 3.63) is 48.3 Å². The predicted octanol–water partition coefficient (Wildman–Crippen LogP) is 3.95. The van der Waals surface area contributed by atoms with Crippen molar-refractivity contribution in [2.24, 2.45) is 0 Å². The smallest absolute Gasteiger partial charge is 0.237 e. The molecule has 0 saturated heterocycles. The Balaban J connectivity index is 1.48. The Labute approximate surface area is 171 Å². The number of benzene rings is 2. The number of hydrogen-bond acceptors (Lipinski definition) is 6. The van der Waals surface area contributed by atoms with Gasteiger partial charge in [0.15, 0.2) is 22.5 Å². The fraction of sp³-hybridized carbons (Fsp3) is 0.250. The van der Waals surface area contributed by atoms with Gasteiger partial charge in [-0.25, -0.2) is 4.39 Å². The number of halogens is 1. The summed E-state index contributed by atoms with van der Waals surface area (Å²) in [5.41, 5.74) is 1.27. The van der Waals surface area contributed by atoms with Crippen molar-refractivity contribution >= 4 is 23.4 Å². The summed E-state index contributed by atoms with van der Waals surface area (Å²) in [7, 11) is 0. The molecule has 0 fully saturated rings. The summed E-state index contributed by atoms with van der Waals surface area (Å²) in [5.74, 6) is 1.32. The molecule has 0 bridgehead atoms. The molecule has 1 aromatic heterocycles. The largest absolute Gasteiger partial charge is 0.454 e. The van der Waals surface area contributed by atoms with Gasteiger partial charge in [-0.1, -0.05) is 23.9 Å². The maximum Gasteiger partial charge on any atom is 0.237 e. The number of amides is 1. The third-order valence-electron chi connectivity index (χ3n) is 4.41. The number of carbonyl (C=O) groups excluding carboxylic acids is 1. The molecule has 0 aliphatic carbocycles. The molecule has 2 heterocycles. The highest BCUT2D eigenvalue weighted by Crippen LogP contribution is 2.34. The maximum absolute atomic E-state index is 13.6. The van der Waals surface area contributed by atoms with Crippen molar-refractivity contribution in [3.63, 3.8) is 0 Å². The van der Waals surface area contributed by atoms with Crippen LogP contribution in [0.5, 0.6) is 11.5 Å². The highest BCUT2D eigenvalue weighted by Gasteiger charge is 2.21. The van der Waals surface area contributed by atoms with E-state index in [2.05, 4.69) is 15.5 Å². The first kappa shape index (κ1) is 19.3. The van der Waals surface area contributed by atoms with E-state index in [0.717, 1.165) is 0 Å². The van der Waals surface area contributed by atoms with Crippen LogP contribution in [-0.4, -0.2) is 32.7 Å². The highest BCUT2D eigenvalue weighted by molar-refractivity contribution is 8.00. The molecule has 150 valence electrons. The van der Waals surface area contributed by atoms with Crippen molar-refractivity contribution in [3.8, 4) is 22.9 Å². The summed E-state index contributed by atoms with van der Waals surface area (Å²) in [5, 5.41) is 11.5. The first-order valence-corrected chi connectivity index (χ1v) is 9.99. The number of aromatic nitrogens is 3. The Bertz CT molecular complexity index is 1060. The summed E-state index contributed by atoms with van der Waals surface area (Å²) in [4.78, 5) is 12.6. The number of rotatable bonds is 6. The zero-order chi connectivity index (χ0) is 20.4. The molecule has 0 unspecified atom stereocenters. The van der Waals surface area contributed by atoms with Crippen LogP contribution >= 0.6 is 11.8 Å². The number of ether oxygens (including phenoxy) is 2. The summed E-state index contributed by atoms with van der Waals surface area (Å²) in [6, 6.07) is 11.5. The van der Waals surface area contributed by atoms with Crippen molar-refractivity contribution in [1.29, 1.82) is 0 Å². The van der Waals surface area contributed by atoms with Crippen LogP contribution < -0.4 is 14.8 Å². The van der Waals surface area contributed by atoms with Crippen LogP contribution in [-0.2, 0) is 11.3 Å². The molecular formula is C20H19FN4O3S. The van der Waals surface area contributed by atoms with E-state index in [4.69, 9.17) is 9.47 Å². The van der Waals surface area contributed by atoms with Gasteiger partial charge in [-0.15, -0.1) is 10.2 Å². The average Bonchev–Trinajstić information content (AvgIpc) is 3.34. The van der Waals surface area contributed by atoms with Gasteiger partial charge < -0.3 is 19.4 Å². The molecule has 1 aliphatic heterocycles. The lowest BCUT2D eigenvalue weighted by Gasteiger charge is -2.13. The molecule has 4 rings (SSSR count). The molecule has 7 nitrogen and oxygen atoms in total. The first-order valence-electron chi connectivity index (χ1n) is 9.11. The molecular weight excluding hydrogens is 395 g/mol. The lowest BCUT2D eigenvalue weighted by molar-refractivity contribution is -0.115. The van der Waals surface area contributed by atoms with Crippen molar-refractivity contribution in [2.45, 2.75) is 30.8 Å². The number of thioether (sulfide) groups is 1. The van der Waals surface area contributed by atoms with Crippen molar-refractivity contribution in [2.75, 3.05) is 12.1 Å². The van der Waals surface area contributed by atoms with E-state index in [1.165, 1.54) is 23.9 Å². The Morgan fingerprint density at radius 1 is 1.24 bits per heavy atom. The van der Waals surface area contributed by atoms with E-state index in [1.807, 2.05) is 11.5 Å². The van der Waals surface area contributed by atoms with Crippen LogP contribution in [0, 0.1) is 5.82 Å². The monoisotopic (exact) mass is 414 g/mol. The van der Waals surface area contributed by atoms with E-state index in [-0.39, 0.29) is 18.5 Å². The van der Waals surface area contributed by atoms with Gasteiger partial charge >= 0.3 is 0 Å². The second-order valence-electron chi connectivity index (χ2n) is 6.38. The molecule has 1 N–H and O–H groups in total. The zero-order valence-electron chi connectivity index (χ0n) is 15.9. The fourth-order valence-corrected chi connectivity index (χ4v) is 3.84. The van der Waals surface area contributed by atoms with E-state index in [9.17, 15) is 9.18 Å². The van der Waals surface area contributed by atoms with Crippen molar-refractivity contribution < 1.29 is 18.7 Å². The molecule has 2 aromatic carbocycles. The SMILES string of the molecule is CCn1c(S[C@@H](C)C(=O)Nc2ccc3c(c2)OCO3)nnc1-c1cccc(F)c1. The minimum absolute atomic E-state index is 0.174. The Morgan fingerprint density at radius 2 is 2.07 bits per heavy atom. The van der Waals surface area contributed by atoms with Crippen LogP contribution in [0.2, 0.25) is 0 Å². The Morgan fingerprint density at radius 3 is 2.86 bits per heavy atom. The van der Waals surface area contributed by atoms with Gasteiger partial charge in [-0.3, -0.25) is 4.79 Å². The molecule has 29 heavy (non-hydrogen) atoms. The van der Waals surface area contributed by atoms with Crippen LogP contribution in [0.25, 0.3) is 11.4 Å². The molecule has 1 atom stereocenters. The van der Waals surface area contributed by atoms with Gasteiger partial charge in [0, 0.05) is 23.9 Å². The molecule has 1 aliphatic rings. The Kier molecular flexibility index (Phi) is 5.39. The summed E-state index contributed by atoms with van der Waals surface area (Å²) >= 11 is 1.29. The number of nitrogens with one attached hydrogen (secondary N) is 1. The van der Waals surface area contributed by atoms with E-state index in [1.54, 1.807) is 37.3 Å². The third-order valence-corrected chi connectivity index (χ3v) is 5.49. The summed E-state index contributed by atoms with van der Waals surface area (Å²) < 4.78 is 26.0. The van der Waals surface area contributed by atoms with Crippen LogP contribution in [0.3, 0.4) is 0 Å². The topological polar surface area (TPSA) is 78.3 Å². The molecule has 9 heteroatoms. The van der Waals surface area contributed by atoms with E-state index in [0.29, 0.717) is 40.3 Å². The molecule has 0 saturated carbocycles. The summed E-state index contributed by atoms with van der Waals surface area (Å²) in [6.07, 6.45) is 0. The Hall–Kier alpha value is -3.07. The lowest BCUT2D eigenvalue weighted by Crippen LogP contribution is -2.22. The second-order valence-corrected chi connectivity index (χ2v) is 7.69. The number of anilines is 1. The van der Waals surface area contributed by atoms with Gasteiger partial charge in [0.05, 0.1) is 5.25 Å². The quantitative estimate of drug-likeness (QED) is 0.616. The van der Waals surface area contributed by atoms with Gasteiger partial charge in [-0.05, 0) is 38.1 Å². The molecule has 3 aromatic rings. The zero-order valence-corrected chi connectivity index (χ0v) is 16.7. The van der Waals surface area contributed by atoms with Crippen molar-refractivity contribution in [1.82, 2.24) is 14.8 Å². The van der Waals surface area contributed by atoms with E-state index < -0.39 is 5.25 Å². The van der Waals surface area contributed by atoms with Gasteiger partial charge in [0.2, 0.25) is 12.7 Å². The maximum atomic E-state index is 13.6. The predicted molar refractivity (Wildman–Crippen MR) is 108 cm³/mol. The normalized spacial score (nSPS) is 13.3. The molecule has 0 spiro atoms. The van der Waals surface area contributed by atoms with Crippen LogP contribution in [0.15, 0.2) is 47.6 Å². The highest BCUT2D eigenvalue weighted by atomic mass is 32.2. The number of hydrogen-bond donors (Lipinski definition) is 1. The third kappa shape index (κ3) is 4.04. The van der Waals surface area contributed by atoms with Gasteiger partial charge in [0.1, 0.15) is 5.82 Å². The molecule has 0 radical (unpaired) electrons. The number of fused-ring (bicyclic) bond motifs is 1. The van der Waals surface area contributed by atoms with Gasteiger partial charge in [-0.2, -0.15) is 0 Å². The summed E-state index contributed by atoms with van der Waals surface area (Å²) in [6.45, 7) is 4.52. The number of nitrogens with zero attached hydrogens (tertiary/aromatic N) is 3. The minimum Gasteiger partial charge on any atom is -0.454 e. The lowest BCUT2D eigenvalue weighted by atomic mass is 10.2.